The minimum atomic E-state index is -2.69. The van der Waals surface area contributed by atoms with Crippen LogP contribution in [0, 0.1) is 41.4 Å². The number of ether oxygens (including phenoxy) is 1. The zero-order valence-electron chi connectivity index (χ0n) is 57.9. The Hall–Kier alpha value is -6.86. The van der Waals surface area contributed by atoms with Crippen LogP contribution in [-0.2, 0) is 57.5 Å². The van der Waals surface area contributed by atoms with Gasteiger partial charge in [-0.3, -0.25) is 57.6 Å². The van der Waals surface area contributed by atoms with Crippen LogP contribution in [0.15, 0.2) is 12.2 Å². The molecule has 0 aromatic carbocycles. The molecule has 26 heteroatoms. The number of hydrogen-bond acceptors (Lipinski definition) is 14. The van der Waals surface area contributed by atoms with Gasteiger partial charge in [0.15, 0.2) is 0 Å². The number of hydrogen-bond donors (Lipinski definition) is 6. The highest BCUT2D eigenvalue weighted by Gasteiger charge is 2.57. The van der Waals surface area contributed by atoms with Crippen molar-refractivity contribution < 1.29 is 67.4 Å². The van der Waals surface area contributed by atoms with Crippen LogP contribution in [-0.4, -0.2) is 233 Å². The summed E-state index contributed by atoms with van der Waals surface area (Å²) in [7, 11) is 9.19. The largest absolute Gasteiger partial charge is 0.413 e. The van der Waals surface area contributed by atoms with Crippen LogP contribution < -0.4 is 27.0 Å². The van der Waals surface area contributed by atoms with Crippen LogP contribution in [0.4, 0.5) is 4.79 Å². The van der Waals surface area contributed by atoms with E-state index < -0.39 is 162 Å². The molecule has 7 N–H and O–H groups in total. The molecule has 508 valence electrons. The Balaban J connectivity index is 4.51. The van der Waals surface area contributed by atoms with Gasteiger partial charge in [0.2, 0.25) is 59.1 Å². The average Bonchev–Trinajstić information content (AvgIpc) is 0.776. The summed E-state index contributed by atoms with van der Waals surface area (Å²) < 4.78 is 5.79. The van der Waals surface area contributed by atoms with E-state index in [-0.39, 0.29) is 62.2 Å². The molecule has 0 bridgehead atoms. The number of aliphatic hydroxyl groups is 1. The Kier molecular flexibility index (Phi) is 32.0. The Bertz CT molecular complexity index is 2510. The third-order valence-corrected chi connectivity index (χ3v) is 16.6. The van der Waals surface area contributed by atoms with E-state index >= 15 is 14.4 Å². The summed E-state index contributed by atoms with van der Waals surface area (Å²) in [4.78, 5) is 182. The molecule has 0 aliphatic carbocycles. The van der Waals surface area contributed by atoms with Crippen LogP contribution in [0.2, 0.25) is 0 Å². The van der Waals surface area contributed by atoms with E-state index in [9.17, 15) is 48.3 Å². The zero-order valence-corrected chi connectivity index (χ0v) is 57.9. The van der Waals surface area contributed by atoms with Gasteiger partial charge in [-0.15, -0.1) is 0 Å². The number of rotatable bonds is 16. The van der Waals surface area contributed by atoms with E-state index in [4.69, 9.17) is 10.5 Å². The molecule has 1 heterocycles. The monoisotopic (exact) mass is 1260 g/mol. The molecule has 0 spiro atoms. The Morgan fingerprint density at radius 2 is 1.01 bits per heavy atom. The first-order valence-electron chi connectivity index (χ1n) is 31.3. The number of likely N-dealkylation sites (N-methyl/N-ethyl adjacent to an activating group) is 7. The van der Waals surface area contributed by atoms with Crippen LogP contribution in [0.5, 0.6) is 0 Å². The summed E-state index contributed by atoms with van der Waals surface area (Å²) in [6, 6.07) is -12.1. The van der Waals surface area contributed by atoms with E-state index in [2.05, 4.69) is 21.3 Å². The van der Waals surface area contributed by atoms with Gasteiger partial charge in [-0.1, -0.05) is 109 Å². The van der Waals surface area contributed by atoms with Crippen molar-refractivity contribution in [3.8, 4) is 0 Å². The minimum Gasteiger partial charge on any atom is -0.413 e. The van der Waals surface area contributed by atoms with Gasteiger partial charge in [-0.2, -0.15) is 0 Å². The molecule has 0 aromatic rings. The highest BCUT2D eigenvalue weighted by atomic mass is 16.6. The molecular formula is C63H112N12O14. The fraction of sp³-hybridized carbons (Fsp3) is 0.778. The lowest BCUT2D eigenvalue weighted by Crippen LogP contribution is -2.70. The third kappa shape index (κ3) is 21.4. The maximum atomic E-state index is 15.7. The van der Waals surface area contributed by atoms with Gasteiger partial charge in [0, 0.05) is 55.3 Å². The second kappa shape index (κ2) is 35.5. The zero-order chi connectivity index (χ0) is 69.2. The summed E-state index contributed by atoms with van der Waals surface area (Å²) in [5.74, 6) is -12.2. The topological polar surface area (TPSA) is 331 Å². The second-order valence-electron chi connectivity index (χ2n) is 26.6. The number of nitrogens with one attached hydrogen (secondary N) is 4. The molecule has 1 aliphatic rings. The standard InChI is InChI=1S/C63H112N12O14/c1-25-27-28-40(15)51(77)50-55(81)67-43(26-2)57(83)69(18)33-48(76)70(19)44(29-34(3)4)54(80)68-49(38(11)12)60(86)71(20)45(30-35(5)6)53(79)65-41(16)52(78)66-42(17)56(82)72(21)46(31-36(7)8)58(84)73(22)47(32-37(9)10)59(85)75(24)63(39(13)14,89-62(64)88)61(87)74(50)23/h25,27,34-47,49-51,77H,26,28-33H2,1-24H3,(H2,64,88)(H,65,79)(H,66,78)(H,67,81)(H,68,80)/b27-25+/t40-,41+,42-,43+,44+,45+,46+,47+,49+,50+,51-,63+/m1/s1. The molecule has 89 heavy (non-hydrogen) atoms. The highest BCUT2D eigenvalue weighted by Crippen LogP contribution is 2.33. The first kappa shape index (κ1) is 80.2. The van der Waals surface area contributed by atoms with Gasteiger partial charge in [0.25, 0.3) is 11.6 Å². The lowest BCUT2D eigenvalue weighted by molar-refractivity contribution is -0.193. The van der Waals surface area contributed by atoms with Crippen molar-refractivity contribution in [2.75, 3.05) is 55.9 Å². The fourth-order valence-corrected chi connectivity index (χ4v) is 11.0. The summed E-state index contributed by atoms with van der Waals surface area (Å²) in [6.45, 7) is 28.1. The SMILES string of the molecule is C/C=C/C[C@@H](C)[C@@H](O)[C@H]1C(=O)N[C@@H](CC)C(=O)N(C)CC(=O)N(C)[C@@H](CC(C)C)C(=O)N[C@@H](C(C)C)C(=O)N(C)[C@@H](CC(C)C)C(=O)N[C@@H](C)C(=O)N[C@H](C)C(=O)N(C)[C@@H](CC(C)C)C(=O)N(C)[C@@H](CC(C)C)C(=O)N(C)[C@](OC(N)=O)(C(C)C)C(=O)N1C. The normalized spacial score (nSPS) is 27.0. The predicted octanol–water partition coefficient (Wildman–Crippen LogP) is 2.69. The summed E-state index contributed by atoms with van der Waals surface area (Å²) >= 11 is 0. The number of amides is 12. The van der Waals surface area contributed by atoms with Crippen LogP contribution in [0.25, 0.3) is 0 Å². The maximum Gasteiger partial charge on any atom is 0.407 e. The van der Waals surface area contributed by atoms with E-state index in [1.807, 2.05) is 41.5 Å². The Morgan fingerprint density at radius 3 is 1.46 bits per heavy atom. The Labute approximate surface area is 529 Å². The predicted molar refractivity (Wildman–Crippen MR) is 338 cm³/mol. The second-order valence-corrected chi connectivity index (χ2v) is 26.6. The van der Waals surface area contributed by atoms with Gasteiger partial charge in [-0.25, -0.2) is 4.79 Å². The van der Waals surface area contributed by atoms with Crippen molar-refractivity contribution in [2.45, 2.75) is 222 Å². The number of aliphatic hydroxyl groups excluding tert-OH is 1. The van der Waals surface area contributed by atoms with Crippen molar-refractivity contribution in [3.05, 3.63) is 12.2 Å². The molecular weight excluding hydrogens is 1150 g/mol. The molecule has 1 fully saturated rings. The smallest absolute Gasteiger partial charge is 0.407 e. The van der Waals surface area contributed by atoms with Crippen molar-refractivity contribution in [1.82, 2.24) is 55.6 Å². The molecule has 1 aliphatic heterocycles. The molecule has 12 amide bonds. The quantitative estimate of drug-likeness (QED) is 0.121. The van der Waals surface area contributed by atoms with Crippen LogP contribution in [0.3, 0.4) is 0 Å². The molecule has 12 atom stereocenters. The maximum absolute atomic E-state index is 15.7. The fourth-order valence-electron chi connectivity index (χ4n) is 11.0. The lowest BCUT2D eigenvalue weighted by atomic mass is 9.89. The van der Waals surface area contributed by atoms with Crippen LogP contribution in [0.1, 0.15) is 156 Å². The van der Waals surface area contributed by atoms with Gasteiger partial charge in [-0.05, 0) is 94.8 Å². The first-order valence-corrected chi connectivity index (χ1v) is 31.3. The van der Waals surface area contributed by atoms with Gasteiger partial charge < -0.3 is 66.2 Å². The van der Waals surface area contributed by atoms with Crippen molar-refractivity contribution >= 4 is 71.1 Å². The number of nitrogens with two attached hydrogens (primary N) is 1. The first-order chi connectivity index (χ1) is 41.0. The van der Waals surface area contributed by atoms with E-state index in [0.717, 1.165) is 31.5 Å². The lowest BCUT2D eigenvalue weighted by Gasteiger charge is -2.47. The number of primary amides is 1. The van der Waals surface area contributed by atoms with Crippen LogP contribution >= 0.6 is 0 Å². The summed E-state index contributed by atoms with van der Waals surface area (Å²) in [5, 5.41) is 23.0. The molecule has 0 saturated carbocycles. The van der Waals surface area contributed by atoms with E-state index in [1.165, 1.54) is 79.8 Å². The number of nitrogens with zero attached hydrogens (tertiary/aromatic N) is 7. The number of allylic oxidation sites excluding steroid dienone is 2. The van der Waals surface area contributed by atoms with Crippen molar-refractivity contribution in [3.63, 3.8) is 0 Å². The summed E-state index contributed by atoms with van der Waals surface area (Å²) in [5.41, 5.74) is 3.07. The van der Waals surface area contributed by atoms with Crippen molar-refractivity contribution in [1.29, 1.82) is 0 Å². The average molecular weight is 1260 g/mol. The van der Waals surface area contributed by atoms with Crippen molar-refractivity contribution in [2.24, 2.45) is 47.2 Å². The van der Waals surface area contributed by atoms with Gasteiger partial charge in [0.05, 0.1) is 12.6 Å². The van der Waals surface area contributed by atoms with Gasteiger partial charge >= 0.3 is 6.09 Å². The Morgan fingerprint density at radius 1 is 0.573 bits per heavy atom. The molecule has 1 saturated heterocycles. The molecule has 0 radical (unpaired) electrons. The molecule has 1 rings (SSSR count). The molecule has 0 aromatic heterocycles. The summed E-state index contributed by atoms with van der Waals surface area (Å²) in [6.07, 6.45) is 0.676. The van der Waals surface area contributed by atoms with E-state index in [0.29, 0.717) is 0 Å². The third-order valence-electron chi connectivity index (χ3n) is 16.6. The van der Waals surface area contributed by atoms with Gasteiger partial charge in [0.1, 0.15) is 54.4 Å². The van der Waals surface area contributed by atoms with E-state index in [1.54, 1.807) is 60.6 Å². The molecule has 0 unspecified atom stereocenters. The number of carbonyl (C=O) groups is 12. The molecule has 26 nitrogen and oxygen atoms in total. The number of carbonyl (C=O) groups excluding carboxylic acids is 12. The minimum absolute atomic E-state index is 0.0366. The highest BCUT2D eigenvalue weighted by molar-refractivity contribution is 6.00.